The topological polar surface area (TPSA) is 23.6 Å². The molecule has 0 aromatic heterocycles. The zero-order valence-corrected chi connectivity index (χ0v) is 19.1. The minimum Gasteiger partial charge on any atom is -0.320 e. The maximum absolute atomic E-state index is 14.0. The summed E-state index contributed by atoms with van der Waals surface area (Å²) in [5, 5.41) is 0. The van der Waals surface area contributed by atoms with Crippen molar-refractivity contribution in [2.75, 3.05) is 11.4 Å². The van der Waals surface area contributed by atoms with E-state index in [1.807, 2.05) is 88.7 Å². The Bertz CT molecular complexity index is 1130. The van der Waals surface area contributed by atoms with E-state index in [9.17, 15) is 4.79 Å². The van der Waals surface area contributed by atoms with Gasteiger partial charge in [0.1, 0.15) is 0 Å². The molecule has 0 radical (unpaired) electrons. The molecule has 0 unspecified atom stereocenters. The van der Waals surface area contributed by atoms with Crippen LogP contribution >= 0.6 is 0 Å². The molecule has 0 saturated carbocycles. The first-order chi connectivity index (χ1) is 16.3. The van der Waals surface area contributed by atoms with Crippen LogP contribution in [0.15, 0.2) is 115 Å². The van der Waals surface area contributed by atoms with Crippen LogP contribution in [0, 0.1) is 0 Å². The number of urea groups is 1. The van der Waals surface area contributed by atoms with Gasteiger partial charge in [0.05, 0.1) is 11.4 Å². The molecule has 166 valence electrons. The second kappa shape index (κ2) is 11.1. The molecule has 0 heterocycles. The summed E-state index contributed by atoms with van der Waals surface area (Å²) in [4.78, 5) is 17.7. The van der Waals surface area contributed by atoms with Gasteiger partial charge in [0.2, 0.25) is 0 Å². The number of hydrogen-bond donors (Lipinski definition) is 0. The molecule has 33 heavy (non-hydrogen) atoms. The predicted molar refractivity (Wildman–Crippen MR) is 138 cm³/mol. The predicted octanol–water partition coefficient (Wildman–Crippen LogP) is 7.91. The van der Waals surface area contributed by atoms with Gasteiger partial charge in [0, 0.05) is 13.1 Å². The smallest absolute Gasteiger partial charge is 0.320 e. The highest BCUT2D eigenvalue weighted by atomic mass is 16.2. The van der Waals surface area contributed by atoms with E-state index in [1.165, 1.54) is 0 Å². The van der Waals surface area contributed by atoms with Crippen molar-refractivity contribution < 1.29 is 4.79 Å². The molecule has 0 saturated heterocycles. The molecule has 0 N–H and O–H groups in total. The average molecular weight is 435 g/mol. The molecule has 4 aromatic rings. The first-order valence-corrected chi connectivity index (χ1v) is 11.6. The first-order valence-electron chi connectivity index (χ1n) is 11.6. The van der Waals surface area contributed by atoms with Crippen LogP contribution in [0.4, 0.5) is 16.2 Å². The zero-order valence-electron chi connectivity index (χ0n) is 19.1. The summed E-state index contributed by atoms with van der Waals surface area (Å²) in [5.41, 5.74) is 5.15. The van der Waals surface area contributed by atoms with Crippen LogP contribution in [0.2, 0.25) is 0 Å². The Morgan fingerprint density at radius 2 is 1.15 bits per heavy atom. The highest BCUT2D eigenvalue weighted by Crippen LogP contribution is 2.30. The van der Waals surface area contributed by atoms with Gasteiger partial charge in [-0.3, -0.25) is 4.90 Å². The Balaban J connectivity index is 1.67. The summed E-state index contributed by atoms with van der Waals surface area (Å²) in [6.07, 6.45) is 2.00. The van der Waals surface area contributed by atoms with Crippen molar-refractivity contribution in [3.63, 3.8) is 0 Å². The number of carbonyl (C=O) groups excluding carboxylic acids is 1. The van der Waals surface area contributed by atoms with Crippen LogP contribution in [-0.2, 0) is 6.54 Å². The standard InChI is InChI=1S/C30H30N2O/c1-2-3-23-31(24-25-13-7-4-8-14-25)30(33)32(28-17-11-6-12-18-28)29-21-19-27(20-22-29)26-15-9-5-10-16-26/h4-22H,2-3,23-24H2,1H3. The summed E-state index contributed by atoms with van der Waals surface area (Å²) in [6.45, 7) is 3.46. The fourth-order valence-electron chi connectivity index (χ4n) is 3.92. The van der Waals surface area contributed by atoms with Crippen LogP contribution in [-0.4, -0.2) is 17.5 Å². The largest absolute Gasteiger partial charge is 0.329 e. The lowest BCUT2D eigenvalue weighted by molar-refractivity contribution is 0.203. The van der Waals surface area contributed by atoms with Crippen LogP contribution in [0.25, 0.3) is 11.1 Å². The molecule has 2 amide bonds. The van der Waals surface area contributed by atoms with Crippen molar-refractivity contribution in [1.29, 1.82) is 0 Å². The molecule has 0 atom stereocenters. The maximum atomic E-state index is 14.0. The number of nitrogens with zero attached hydrogens (tertiary/aromatic N) is 2. The molecule has 0 aliphatic carbocycles. The van der Waals surface area contributed by atoms with Gasteiger partial charge in [-0.05, 0) is 47.4 Å². The summed E-state index contributed by atoms with van der Waals surface area (Å²) < 4.78 is 0. The van der Waals surface area contributed by atoms with Gasteiger partial charge >= 0.3 is 6.03 Å². The lowest BCUT2D eigenvalue weighted by atomic mass is 10.1. The highest BCUT2D eigenvalue weighted by Gasteiger charge is 2.24. The van der Waals surface area contributed by atoms with Gasteiger partial charge in [0.25, 0.3) is 0 Å². The summed E-state index contributed by atoms with van der Waals surface area (Å²) in [7, 11) is 0. The number of unbranched alkanes of at least 4 members (excludes halogenated alkanes) is 1. The number of amides is 2. The van der Waals surface area contributed by atoms with Crippen LogP contribution in [0.1, 0.15) is 25.3 Å². The van der Waals surface area contributed by atoms with Crippen molar-refractivity contribution in [3.05, 3.63) is 121 Å². The number of anilines is 2. The van der Waals surface area contributed by atoms with Gasteiger partial charge in [-0.25, -0.2) is 4.79 Å². The molecule has 0 bridgehead atoms. The van der Waals surface area contributed by atoms with Gasteiger partial charge in [-0.1, -0.05) is 104 Å². The normalized spacial score (nSPS) is 10.6. The Hall–Kier alpha value is -3.85. The number of para-hydroxylation sites is 1. The summed E-state index contributed by atoms with van der Waals surface area (Å²) in [6, 6.07) is 38.6. The minimum absolute atomic E-state index is 0.00837. The minimum atomic E-state index is -0.00837. The van der Waals surface area contributed by atoms with E-state index in [1.54, 1.807) is 0 Å². The van der Waals surface area contributed by atoms with Crippen molar-refractivity contribution in [2.45, 2.75) is 26.3 Å². The average Bonchev–Trinajstić information content (AvgIpc) is 2.89. The summed E-state index contributed by atoms with van der Waals surface area (Å²) in [5.74, 6) is 0. The molecule has 0 aliphatic rings. The number of benzene rings is 4. The van der Waals surface area contributed by atoms with Crippen molar-refractivity contribution >= 4 is 17.4 Å². The molecular formula is C30H30N2O. The van der Waals surface area contributed by atoms with E-state index in [-0.39, 0.29) is 6.03 Å². The quantitative estimate of drug-likeness (QED) is 0.276. The van der Waals surface area contributed by atoms with E-state index >= 15 is 0 Å². The van der Waals surface area contributed by atoms with Crippen LogP contribution in [0.5, 0.6) is 0 Å². The van der Waals surface area contributed by atoms with Crippen LogP contribution in [0.3, 0.4) is 0 Å². The van der Waals surface area contributed by atoms with Crippen molar-refractivity contribution in [3.8, 4) is 11.1 Å². The van der Waals surface area contributed by atoms with E-state index in [0.29, 0.717) is 6.54 Å². The molecule has 0 fully saturated rings. The molecular weight excluding hydrogens is 404 g/mol. The Labute approximate surface area is 196 Å². The lowest BCUT2D eigenvalue weighted by Crippen LogP contribution is -2.41. The zero-order chi connectivity index (χ0) is 22.9. The molecule has 3 nitrogen and oxygen atoms in total. The number of hydrogen-bond acceptors (Lipinski definition) is 1. The van der Waals surface area contributed by atoms with E-state index < -0.39 is 0 Å². The van der Waals surface area contributed by atoms with Crippen LogP contribution < -0.4 is 4.90 Å². The van der Waals surface area contributed by atoms with E-state index in [4.69, 9.17) is 0 Å². The van der Waals surface area contributed by atoms with Gasteiger partial charge < -0.3 is 4.90 Å². The van der Waals surface area contributed by atoms with Crippen molar-refractivity contribution in [2.24, 2.45) is 0 Å². The molecule has 4 aromatic carbocycles. The Kier molecular flexibility index (Phi) is 7.55. The third-order valence-electron chi connectivity index (χ3n) is 5.71. The monoisotopic (exact) mass is 434 g/mol. The fourth-order valence-corrected chi connectivity index (χ4v) is 3.92. The molecule has 3 heteroatoms. The molecule has 4 rings (SSSR count). The molecule has 0 aliphatic heterocycles. The number of carbonyl (C=O) groups is 1. The van der Waals surface area contributed by atoms with Gasteiger partial charge in [0.15, 0.2) is 0 Å². The van der Waals surface area contributed by atoms with E-state index in [2.05, 4.69) is 43.3 Å². The lowest BCUT2D eigenvalue weighted by Gasteiger charge is -2.31. The van der Waals surface area contributed by atoms with E-state index in [0.717, 1.165) is 47.5 Å². The fraction of sp³-hybridized carbons (Fsp3) is 0.167. The van der Waals surface area contributed by atoms with Gasteiger partial charge in [-0.15, -0.1) is 0 Å². The third-order valence-corrected chi connectivity index (χ3v) is 5.71. The SMILES string of the molecule is CCCCN(Cc1ccccc1)C(=O)N(c1ccccc1)c1ccc(-c2ccccc2)cc1. The maximum Gasteiger partial charge on any atom is 0.329 e. The third kappa shape index (κ3) is 5.69. The highest BCUT2D eigenvalue weighted by molar-refractivity contribution is 5.99. The first kappa shape index (κ1) is 22.3. The second-order valence-electron chi connectivity index (χ2n) is 8.13. The van der Waals surface area contributed by atoms with Gasteiger partial charge in [-0.2, -0.15) is 0 Å². The number of rotatable bonds is 8. The second-order valence-corrected chi connectivity index (χ2v) is 8.13. The Morgan fingerprint density at radius 1 is 0.636 bits per heavy atom. The van der Waals surface area contributed by atoms with Crippen molar-refractivity contribution in [1.82, 2.24) is 4.90 Å². The summed E-state index contributed by atoms with van der Waals surface area (Å²) >= 11 is 0. The molecule has 0 spiro atoms. The Morgan fingerprint density at radius 3 is 1.76 bits per heavy atom.